The van der Waals surface area contributed by atoms with Gasteiger partial charge in [0.1, 0.15) is 12.2 Å². The third kappa shape index (κ3) is 1.92. The summed E-state index contributed by atoms with van der Waals surface area (Å²) in [4.78, 5) is 2.64. The van der Waals surface area contributed by atoms with Crippen LogP contribution in [0.25, 0.3) is 10.4 Å². The Bertz CT molecular complexity index is 302. The summed E-state index contributed by atoms with van der Waals surface area (Å²) in [5.41, 5.74) is 8.20. The molecule has 7 heteroatoms. The fraction of sp³-hybridized carbons (Fsp3) is 1.00. The van der Waals surface area contributed by atoms with Crippen molar-refractivity contribution in [2.45, 2.75) is 44.2 Å². The fourth-order valence-electron chi connectivity index (χ4n) is 1.92. The van der Waals surface area contributed by atoms with E-state index in [1.807, 2.05) is 0 Å². The third-order valence-electron chi connectivity index (χ3n) is 2.45. The summed E-state index contributed by atoms with van der Waals surface area (Å²) >= 11 is 0. The second-order valence-corrected chi connectivity index (χ2v) is 4.04. The Morgan fingerprint density at radius 2 is 2.07 bits per heavy atom. The number of ether oxygens (including phenoxy) is 3. The topological polar surface area (TPSA) is 96.7 Å². The number of aliphatic hydroxyl groups is 1. The molecule has 1 unspecified atom stereocenters. The lowest BCUT2D eigenvalue weighted by molar-refractivity contribution is -0.218. The van der Waals surface area contributed by atoms with E-state index >= 15 is 0 Å². The van der Waals surface area contributed by atoms with Gasteiger partial charge in [-0.1, -0.05) is 5.11 Å². The average molecular weight is 215 g/mol. The van der Waals surface area contributed by atoms with Crippen LogP contribution in [0.1, 0.15) is 13.8 Å². The minimum atomic E-state index is -1.02. The Morgan fingerprint density at radius 3 is 2.73 bits per heavy atom. The third-order valence-corrected chi connectivity index (χ3v) is 2.45. The molecule has 0 radical (unpaired) electrons. The van der Waals surface area contributed by atoms with Gasteiger partial charge in [0, 0.05) is 4.91 Å². The molecule has 4 atom stereocenters. The van der Waals surface area contributed by atoms with E-state index in [0.717, 1.165) is 0 Å². The van der Waals surface area contributed by atoms with E-state index in [4.69, 9.17) is 19.7 Å². The van der Waals surface area contributed by atoms with Crippen molar-refractivity contribution in [1.29, 1.82) is 0 Å². The number of nitrogens with zero attached hydrogens (tertiary/aromatic N) is 3. The molecule has 0 aliphatic carbocycles. The fourth-order valence-corrected chi connectivity index (χ4v) is 1.92. The van der Waals surface area contributed by atoms with Gasteiger partial charge in [-0.2, -0.15) is 0 Å². The van der Waals surface area contributed by atoms with Crippen molar-refractivity contribution in [1.82, 2.24) is 0 Å². The number of azide groups is 1. The van der Waals surface area contributed by atoms with E-state index in [-0.39, 0.29) is 12.6 Å². The maximum absolute atomic E-state index is 9.54. The van der Waals surface area contributed by atoms with Crippen LogP contribution in [-0.2, 0) is 14.2 Å². The Hall–Kier alpha value is -0.850. The smallest absolute Gasteiger partial charge is 0.184 e. The van der Waals surface area contributed by atoms with E-state index in [0.29, 0.717) is 0 Å². The van der Waals surface area contributed by atoms with Gasteiger partial charge in [0.25, 0.3) is 0 Å². The van der Waals surface area contributed by atoms with Crippen LogP contribution in [0, 0.1) is 0 Å². The van der Waals surface area contributed by atoms with Gasteiger partial charge < -0.3 is 19.3 Å². The maximum atomic E-state index is 9.54. The molecule has 2 rings (SSSR count). The first-order valence-electron chi connectivity index (χ1n) is 4.73. The molecule has 2 heterocycles. The van der Waals surface area contributed by atoms with Crippen LogP contribution in [0.15, 0.2) is 5.11 Å². The molecule has 2 saturated heterocycles. The van der Waals surface area contributed by atoms with E-state index in [9.17, 15) is 5.11 Å². The number of hydrogen-bond donors (Lipinski definition) is 1. The summed E-state index contributed by atoms with van der Waals surface area (Å²) in [6, 6.07) is 0. The van der Waals surface area contributed by atoms with Crippen molar-refractivity contribution in [3.05, 3.63) is 10.4 Å². The van der Waals surface area contributed by atoms with Crippen molar-refractivity contribution in [2.24, 2.45) is 5.11 Å². The first-order chi connectivity index (χ1) is 7.03. The zero-order valence-electron chi connectivity index (χ0n) is 8.53. The molecular weight excluding hydrogens is 202 g/mol. The average Bonchev–Trinajstić information content (AvgIpc) is 2.60. The molecule has 0 aromatic heterocycles. The summed E-state index contributed by atoms with van der Waals surface area (Å²) in [6.07, 6.45) is -2.34. The lowest BCUT2D eigenvalue weighted by Crippen LogP contribution is -2.31. The van der Waals surface area contributed by atoms with Crippen LogP contribution < -0.4 is 0 Å². The van der Waals surface area contributed by atoms with Crippen molar-refractivity contribution in [3.8, 4) is 0 Å². The summed E-state index contributed by atoms with van der Waals surface area (Å²) in [6.45, 7) is 3.67. The lowest BCUT2D eigenvalue weighted by atomic mass is 10.1. The predicted molar refractivity (Wildman–Crippen MR) is 48.7 cm³/mol. The van der Waals surface area contributed by atoms with Gasteiger partial charge in [-0.05, 0) is 19.4 Å². The second-order valence-electron chi connectivity index (χ2n) is 4.04. The first kappa shape index (κ1) is 10.7. The largest absolute Gasteiger partial charge is 0.366 e. The molecule has 0 aromatic rings. The van der Waals surface area contributed by atoms with Crippen molar-refractivity contribution in [3.63, 3.8) is 0 Å². The molecular formula is C8H13N3O4. The molecule has 0 saturated carbocycles. The van der Waals surface area contributed by atoms with E-state index in [1.54, 1.807) is 13.8 Å². The van der Waals surface area contributed by atoms with Gasteiger partial charge in [0.2, 0.25) is 0 Å². The minimum absolute atomic E-state index is 0.133. The highest BCUT2D eigenvalue weighted by Crippen LogP contribution is 2.37. The summed E-state index contributed by atoms with van der Waals surface area (Å²) < 4.78 is 16.2. The SMILES string of the molecule is CC1(C)O[C@@H]2[C@@H](CN=[N+]=[N-])OC(O)[C@@H]2O1. The molecule has 1 N–H and O–H groups in total. The van der Waals surface area contributed by atoms with E-state index in [2.05, 4.69) is 10.0 Å². The van der Waals surface area contributed by atoms with Crippen LogP contribution in [0.3, 0.4) is 0 Å². The summed E-state index contributed by atoms with van der Waals surface area (Å²) in [5, 5.41) is 12.9. The normalized spacial score (nSPS) is 42.3. The molecule has 84 valence electrons. The Kier molecular flexibility index (Phi) is 2.57. The molecule has 2 fully saturated rings. The Morgan fingerprint density at radius 1 is 1.40 bits per heavy atom. The molecule has 0 aromatic carbocycles. The van der Waals surface area contributed by atoms with E-state index < -0.39 is 24.3 Å². The standard InChI is InChI=1S/C8H13N3O4/c1-8(2)14-5-4(3-10-11-9)13-7(12)6(5)15-8/h4-7,12H,3H2,1-2H3/t4-,5-,6-,7?/m1/s1. The van der Waals surface area contributed by atoms with Crippen molar-refractivity contribution in [2.75, 3.05) is 6.54 Å². The zero-order valence-corrected chi connectivity index (χ0v) is 8.53. The first-order valence-corrected chi connectivity index (χ1v) is 4.73. The Labute approximate surface area is 86.6 Å². The predicted octanol–water partition coefficient (Wildman–Crippen LogP) is 0.534. The van der Waals surface area contributed by atoms with Crippen molar-refractivity contribution < 1.29 is 19.3 Å². The van der Waals surface area contributed by atoms with Crippen LogP contribution in [-0.4, -0.2) is 42.0 Å². The molecule has 0 amide bonds. The number of fused-ring (bicyclic) bond motifs is 1. The van der Waals surface area contributed by atoms with Gasteiger partial charge in [0.15, 0.2) is 12.1 Å². The summed E-state index contributed by atoms with van der Waals surface area (Å²) in [5.74, 6) is -0.727. The highest BCUT2D eigenvalue weighted by Gasteiger charge is 2.54. The molecule has 0 bridgehead atoms. The maximum Gasteiger partial charge on any atom is 0.184 e. The van der Waals surface area contributed by atoms with Gasteiger partial charge >= 0.3 is 0 Å². The molecule has 0 spiro atoms. The molecule has 2 aliphatic rings. The lowest BCUT2D eigenvalue weighted by Gasteiger charge is -2.21. The second kappa shape index (κ2) is 3.62. The molecule has 15 heavy (non-hydrogen) atoms. The van der Waals surface area contributed by atoms with Gasteiger partial charge in [0.05, 0.1) is 12.6 Å². The van der Waals surface area contributed by atoms with Gasteiger partial charge in [-0.15, -0.1) is 0 Å². The number of hydrogen-bond acceptors (Lipinski definition) is 5. The molecule has 7 nitrogen and oxygen atoms in total. The zero-order chi connectivity index (χ0) is 11.1. The van der Waals surface area contributed by atoms with Gasteiger partial charge in [-0.3, -0.25) is 0 Å². The Balaban J connectivity index is 2.08. The van der Waals surface area contributed by atoms with Crippen LogP contribution in [0.4, 0.5) is 0 Å². The minimum Gasteiger partial charge on any atom is -0.366 e. The van der Waals surface area contributed by atoms with E-state index in [1.165, 1.54) is 0 Å². The highest BCUT2D eigenvalue weighted by molar-refractivity contribution is 4.95. The van der Waals surface area contributed by atoms with Crippen LogP contribution in [0.2, 0.25) is 0 Å². The molecule has 2 aliphatic heterocycles. The van der Waals surface area contributed by atoms with Crippen LogP contribution in [0.5, 0.6) is 0 Å². The number of rotatable bonds is 2. The summed E-state index contributed by atoms with van der Waals surface area (Å²) in [7, 11) is 0. The van der Waals surface area contributed by atoms with Crippen molar-refractivity contribution >= 4 is 0 Å². The highest BCUT2D eigenvalue weighted by atomic mass is 16.8. The number of aliphatic hydroxyl groups excluding tert-OH is 1. The quantitative estimate of drug-likeness (QED) is 0.413. The monoisotopic (exact) mass is 215 g/mol. The van der Waals surface area contributed by atoms with Crippen LogP contribution >= 0.6 is 0 Å². The van der Waals surface area contributed by atoms with Gasteiger partial charge in [-0.25, -0.2) is 0 Å².